The van der Waals surface area contributed by atoms with E-state index in [0.29, 0.717) is 27.7 Å². The largest absolute Gasteiger partial charge is 0.348 e. The molecule has 0 aliphatic carbocycles. The van der Waals surface area contributed by atoms with Crippen LogP contribution in [0.5, 0.6) is 0 Å². The van der Waals surface area contributed by atoms with Crippen LogP contribution in [0.4, 0.5) is 0 Å². The predicted octanol–water partition coefficient (Wildman–Crippen LogP) is 3.74. The molecule has 0 aliphatic heterocycles. The topological polar surface area (TPSA) is 46.2 Å². The van der Waals surface area contributed by atoms with Crippen LogP contribution in [0.2, 0.25) is 10.0 Å². The summed E-state index contributed by atoms with van der Waals surface area (Å²) in [6, 6.07) is 11.5. The van der Waals surface area contributed by atoms with Gasteiger partial charge < -0.3 is 5.32 Å². The lowest BCUT2D eigenvalue weighted by atomic mass is 10.1. The number of amides is 1. The Morgan fingerprint density at radius 2 is 1.80 bits per heavy atom. The van der Waals surface area contributed by atoms with E-state index in [1.54, 1.807) is 42.5 Å². The van der Waals surface area contributed by atoms with Gasteiger partial charge in [-0.15, -0.1) is 0 Å². The fraction of sp³-hybridized carbons (Fsp3) is 0.0667. The van der Waals surface area contributed by atoms with Gasteiger partial charge in [-0.2, -0.15) is 0 Å². The molecular formula is C15H11Cl2NO2. The van der Waals surface area contributed by atoms with Crippen LogP contribution >= 0.6 is 23.2 Å². The summed E-state index contributed by atoms with van der Waals surface area (Å²) in [5.41, 5.74) is 1.80. The molecule has 1 amide bonds. The average Bonchev–Trinajstić information content (AvgIpc) is 2.46. The molecule has 0 atom stereocenters. The highest BCUT2D eigenvalue weighted by Gasteiger charge is 2.07. The first kappa shape index (κ1) is 14.6. The fourth-order valence-electron chi connectivity index (χ4n) is 1.66. The summed E-state index contributed by atoms with van der Waals surface area (Å²) in [7, 11) is 0. The molecule has 2 aromatic carbocycles. The number of nitrogens with one attached hydrogen (secondary N) is 1. The molecule has 0 heterocycles. The monoisotopic (exact) mass is 307 g/mol. The van der Waals surface area contributed by atoms with Crippen molar-refractivity contribution < 1.29 is 9.59 Å². The van der Waals surface area contributed by atoms with Crippen molar-refractivity contribution in [2.24, 2.45) is 0 Å². The van der Waals surface area contributed by atoms with Crippen molar-refractivity contribution in [3.8, 4) is 0 Å². The summed E-state index contributed by atoms with van der Waals surface area (Å²) < 4.78 is 0. The van der Waals surface area contributed by atoms with Gasteiger partial charge in [0.15, 0.2) is 0 Å². The first-order chi connectivity index (χ1) is 9.60. The second-order valence-electron chi connectivity index (χ2n) is 4.16. The van der Waals surface area contributed by atoms with Crippen LogP contribution < -0.4 is 5.32 Å². The van der Waals surface area contributed by atoms with Gasteiger partial charge in [0, 0.05) is 27.7 Å². The molecule has 0 aliphatic rings. The predicted molar refractivity (Wildman–Crippen MR) is 79.5 cm³/mol. The summed E-state index contributed by atoms with van der Waals surface area (Å²) >= 11 is 11.8. The Labute approximate surface area is 126 Å². The molecule has 0 aromatic heterocycles. The van der Waals surface area contributed by atoms with E-state index in [1.807, 2.05) is 0 Å². The molecule has 0 unspecified atom stereocenters. The highest BCUT2D eigenvalue weighted by Crippen LogP contribution is 2.20. The van der Waals surface area contributed by atoms with E-state index < -0.39 is 0 Å². The molecule has 2 rings (SSSR count). The van der Waals surface area contributed by atoms with Crippen LogP contribution in [-0.4, -0.2) is 12.2 Å². The third kappa shape index (κ3) is 3.59. The molecule has 2 aromatic rings. The molecule has 3 nitrogen and oxygen atoms in total. The Morgan fingerprint density at radius 1 is 1.10 bits per heavy atom. The summed E-state index contributed by atoms with van der Waals surface area (Å²) in [5, 5.41) is 3.82. The van der Waals surface area contributed by atoms with Crippen molar-refractivity contribution in [1.82, 2.24) is 5.32 Å². The van der Waals surface area contributed by atoms with Gasteiger partial charge in [0.25, 0.3) is 5.91 Å². The fourth-order valence-corrected chi connectivity index (χ4v) is 2.13. The number of hydrogen-bond donors (Lipinski definition) is 1. The number of hydrogen-bond acceptors (Lipinski definition) is 2. The number of carbonyl (C=O) groups excluding carboxylic acids is 2. The Kier molecular flexibility index (Phi) is 4.77. The lowest BCUT2D eigenvalue weighted by Crippen LogP contribution is -2.22. The highest BCUT2D eigenvalue weighted by atomic mass is 35.5. The van der Waals surface area contributed by atoms with Crippen LogP contribution in [0.3, 0.4) is 0 Å². The molecule has 0 saturated carbocycles. The molecule has 0 bridgehead atoms. The third-order valence-corrected chi connectivity index (χ3v) is 3.35. The number of aldehydes is 1. The van der Waals surface area contributed by atoms with Crippen molar-refractivity contribution in [1.29, 1.82) is 0 Å². The van der Waals surface area contributed by atoms with E-state index in [0.717, 1.165) is 11.8 Å². The second-order valence-corrected chi connectivity index (χ2v) is 5.00. The minimum atomic E-state index is -0.228. The van der Waals surface area contributed by atoms with Gasteiger partial charge in [-0.25, -0.2) is 0 Å². The maximum absolute atomic E-state index is 11.9. The van der Waals surface area contributed by atoms with Crippen LogP contribution in [0, 0.1) is 0 Å². The zero-order valence-electron chi connectivity index (χ0n) is 10.4. The van der Waals surface area contributed by atoms with Crippen molar-refractivity contribution in [2.45, 2.75) is 6.54 Å². The van der Waals surface area contributed by atoms with Gasteiger partial charge >= 0.3 is 0 Å². The maximum Gasteiger partial charge on any atom is 0.251 e. The van der Waals surface area contributed by atoms with Gasteiger partial charge in [-0.05, 0) is 29.8 Å². The SMILES string of the molecule is O=Cc1ccc(C(=O)NCc2ccc(Cl)cc2Cl)cc1. The van der Waals surface area contributed by atoms with E-state index >= 15 is 0 Å². The Hall–Kier alpha value is -1.84. The lowest BCUT2D eigenvalue weighted by Gasteiger charge is -2.07. The summed E-state index contributed by atoms with van der Waals surface area (Å²) in [4.78, 5) is 22.5. The van der Waals surface area contributed by atoms with E-state index in [1.165, 1.54) is 0 Å². The molecule has 20 heavy (non-hydrogen) atoms. The first-order valence-corrected chi connectivity index (χ1v) is 6.63. The van der Waals surface area contributed by atoms with Crippen molar-refractivity contribution in [3.05, 3.63) is 69.2 Å². The zero-order valence-corrected chi connectivity index (χ0v) is 11.9. The molecule has 0 fully saturated rings. The Bertz CT molecular complexity index is 639. The molecule has 1 N–H and O–H groups in total. The van der Waals surface area contributed by atoms with E-state index in [9.17, 15) is 9.59 Å². The van der Waals surface area contributed by atoms with Gasteiger partial charge in [0.1, 0.15) is 6.29 Å². The Balaban J connectivity index is 2.02. The average molecular weight is 308 g/mol. The van der Waals surface area contributed by atoms with E-state index in [2.05, 4.69) is 5.32 Å². The second kappa shape index (κ2) is 6.55. The molecule has 0 radical (unpaired) electrons. The number of rotatable bonds is 4. The third-order valence-electron chi connectivity index (χ3n) is 2.76. The molecule has 5 heteroatoms. The van der Waals surface area contributed by atoms with Crippen molar-refractivity contribution in [2.75, 3.05) is 0 Å². The van der Waals surface area contributed by atoms with Gasteiger partial charge in [0.05, 0.1) is 0 Å². The molecule has 0 spiro atoms. The van der Waals surface area contributed by atoms with Gasteiger partial charge in [-0.1, -0.05) is 41.4 Å². The molecular weight excluding hydrogens is 297 g/mol. The van der Waals surface area contributed by atoms with Crippen LogP contribution in [-0.2, 0) is 6.54 Å². The van der Waals surface area contributed by atoms with E-state index in [-0.39, 0.29) is 5.91 Å². The minimum absolute atomic E-state index is 0.228. The number of benzene rings is 2. The molecule has 0 saturated heterocycles. The van der Waals surface area contributed by atoms with Crippen LogP contribution in [0.15, 0.2) is 42.5 Å². The summed E-state index contributed by atoms with van der Waals surface area (Å²) in [6.07, 6.45) is 0.731. The van der Waals surface area contributed by atoms with Crippen LogP contribution in [0.25, 0.3) is 0 Å². The van der Waals surface area contributed by atoms with Gasteiger partial charge in [-0.3, -0.25) is 9.59 Å². The minimum Gasteiger partial charge on any atom is -0.348 e. The highest BCUT2D eigenvalue weighted by molar-refractivity contribution is 6.35. The van der Waals surface area contributed by atoms with Crippen molar-refractivity contribution in [3.63, 3.8) is 0 Å². The normalized spacial score (nSPS) is 10.1. The smallest absolute Gasteiger partial charge is 0.251 e. The standard InChI is InChI=1S/C15H11Cl2NO2/c16-13-6-5-12(14(17)7-13)8-18-15(20)11-3-1-10(9-19)2-4-11/h1-7,9H,8H2,(H,18,20). The summed E-state index contributed by atoms with van der Waals surface area (Å²) in [6.45, 7) is 0.310. The number of halogens is 2. The van der Waals surface area contributed by atoms with Crippen LogP contribution in [0.1, 0.15) is 26.3 Å². The first-order valence-electron chi connectivity index (χ1n) is 5.87. The van der Waals surface area contributed by atoms with E-state index in [4.69, 9.17) is 23.2 Å². The Morgan fingerprint density at radius 3 is 2.40 bits per heavy atom. The molecule has 102 valence electrons. The summed E-state index contributed by atoms with van der Waals surface area (Å²) in [5.74, 6) is -0.228. The van der Waals surface area contributed by atoms with Gasteiger partial charge in [0.2, 0.25) is 0 Å². The number of carbonyl (C=O) groups is 2. The maximum atomic E-state index is 11.9. The quantitative estimate of drug-likeness (QED) is 0.875. The lowest BCUT2D eigenvalue weighted by molar-refractivity contribution is 0.0950. The zero-order chi connectivity index (χ0) is 14.5. The van der Waals surface area contributed by atoms with Crippen molar-refractivity contribution >= 4 is 35.4 Å².